The highest BCUT2D eigenvalue weighted by atomic mass is 35.5. The third-order valence-corrected chi connectivity index (χ3v) is 4.23. The summed E-state index contributed by atoms with van der Waals surface area (Å²) in [5, 5.41) is 31.8. The number of rotatable bonds is 3. The zero-order valence-electron chi connectivity index (χ0n) is 11.4. The first-order valence-electron chi connectivity index (χ1n) is 6.09. The summed E-state index contributed by atoms with van der Waals surface area (Å²) >= 11 is 7.20. The van der Waals surface area contributed by atoms with Crippen LogP contribution in [0, 0.1) is 0 Å². The molecule has 1 aromatic rings. The van der Waals surface area contributed by atoms with Crippen molar-refractivity contribution in [2.75, 3.05) is 18.2 Å². The Bertz CT molecular complexity index is 584. The van der Waals surface area contributed by atoms with Crippen LogP contribution < -0.4 is 10.9 Å². The molecule has 1 fully saturated rings. The molecule has 0 radical (unpaired) electrons. The minimum Gasteiger partial charge on any atom is -0.388 e. The smallest absolute Gasteiger partial charge is 0.274 e. The van der Waals surface area contributed by atoms with E-state index < -0.39 is 30.1 Å². The maximum atomic E-state index is 12.0. The summed E-state index contributed by atoms with van der Waals surface area (Å²) in [5.41, 5.74) is -0.440. The molecule has 1 aliphatic heterocycles. The van der Waals surface area contributed by atoms with E-state index in [2.05, 4.69) is 10.3 Å². The number of aliphatic hydroxyl groups excluding tert-OH is 3. The molecule has 2 rings (SSSR count). The van der Waals surface area contributed by atoms with E-state index in [4.69, 9.17) is 16.3 Å². The number of ether oxygens (including phenoxy) is 1. The maximum absolute atomic E-state index is 12.0. The zero-order chi connectivity index (χ0) is 15.7. The summed E-state index contributed by atoms with van der Waals surface area (Å²) in [6.07, 6.45) is -3.19. The highest BCUT2D eigenvalue weighted by Crippen LogP contribution is 2.23. The van der Waals surface area contributed by atoms with Crippen molar-refractivity contribution in [1.82, 2.24) is 9.55 Å². The fraction of sp³-hybridized carbons (Fsp3) is 0.636. The van der Waals surface area contributed by atoms with Crippen LogP contribution in [0.2, 0.25) is 5.02 Å². The van der Waals surface area contributed by atoms with Gasteiger partial charge in [-0.05, 0) is 6.26 Å². The van der Waals surface area contributed by atoms with Gasteiger partial charge in [-0.3, -0.25) is 9.36 Å². The van der Waals surface area contributed by atoms with E-state index in [1.165, 1.54) is 16.3 Å². The fourth-order valence-corrected chi connectivity index (χ4v) is 2.66. The van der Waals surface area contributed by atoms with Gasteiger partial charge in [0, 0.05) is 7.05 Å². The van der Waals surface area contributed by atoms with Crippen molar-refractivity contribution >= 4 is 29.2 Å². The van der Waals surface area contributed by atoms with E-state index in [-0.39, 0.29) is 17.4 Å². The number of aliphatic hydroxyl groups is 3. The van der Waals surface area contributed by atoms with E-state index in [1.54, 1.807) is 13.3 Å². The van der Waals surface area contributed by atoms with Gasteiger partial charge in [0.05, 0.1) is 6.61 Å². The topological polar surface area (TPSA) is 117 Å². The van der Waals surface area contributed by atoms with Gasteiger partial charge in [-0.1, -0.05) is 23.4 Å². The molecule has 0 saturated carbocycles. The summed E-state index contributed by atoms with van der Waals surface area (Å²) in [7, 11) is 1.54. The lowest BCUT2D eigenvalue weighted by molar-refractivity contribution is -0.178. The summed E-state index contributed by atoms with van der Waals surface area (Å²) in [6, 6.07) is 0. The Hall–Kier alpha value is -0.840. The van der Waals surface area contributed by atoms with Gasteiger partial charge in [-0.25, -0.2) is 4.98 Å². The van der Waals surface area contributed by atoms with E-state index in [0.29, 0.717) is 5.16 Å². The minimum absolute atomic E-state index is 0.0526. The van der Waals surface area contributed by atoms with Crippen LogP contribution in [0.25, 0.3) is 0 Å². The zero-order valence-corrected chi connectivity index (χ0v) is 12.9. The van der Waals surface area contributed by atoms with Gasteiger partial charge in [-0.2, -0.15) is 0 Å². The quantitative estimate of drug-likeness (QED) is 0.410. The van der Waals surface area contributed by atoms with E-state index in [9.17, 15) is 20.1 Å². The van der Waals surface area contributed by atoms with Crippen LogP contribution in [-0.4, -0.2) is 62.3 Å². The molecule has 1 aliphatic rings. The first-order chi connectivity index (χ1) is 9.86. The van der Waals surface area contributed by atoms with E-state index in [0.717, 1.165) is 0 Å². The fourth-order valence-electron chi connectivity index (χ4n) is 1.90. The Balaban J connectivity index is 2.28. The Labute approximate surface area is 129 Å². The van der Waals surface area contributed by atoms with Crippen molar-refractivity contribution < 1.29 is 20.1 Å². The molecule has 2 heterocycles. The molecular formula is C11H16ClN3O5S. The SMILES string of the molecule is CSc1nc(N[C@H]2OC[C@@H](O)[C@@H](O)[C@H]2O)c(Cl)c(=O)n1C. The van der Waals surface area contributed by atoms with Gasteiger partial charge >= 0.3 is 0 Å². The van der Waals surface area contributed by atoms with Crippen molar-refractivity contribution in [3.63, 3.8) is 0 Å². The van der Waals surface area contributed by atoms with Gasteiger partial charge in [0.2, 0.25) is 0 Å². The molecule has 0 aliphatic carbocycles. The molecule has 0 spiro atoms. The lowest BCUT2D eigenvalue weighted by atomic mass is 10.0. The van der Waals surface area contributed by atoms with Crippen LogP contribution >= 0.6 is 23.4 Å². The van der Waals surface area contributed by atoms with Gasteiger partial charge in [0.1, 0.15) is 23.3 Å². The number of hydrogen-bond acceptors (Lipinski definition) is 8. The molecule has 21 heavy (non-hydrogen) atoms. The largest absolute Gasteiger partial charge is 0.388 e. The summed E-state index contributed by atoms with van der Waals surface area (Å²) in [5.74, 6) is 0.0526. The van der Waals surface area contributed by atoms with Crippen molar-refractivity contribution in [3.8, 4) is 0 Å². The molecule has 118 valence electrons. The molecule has 0 amide bonds. The van der Waals surface area contributed by atoms with Crippen molar-refractivity contribution in [2.45, 2.75) is 29.7 Å². The number of thioether (sulfide) groups is 1. The molecule has 0 aromatic carbocycles. The molecule has 1 saturated heterocycles. The van der Waals surface area contributed by atoms with Crippen LogP contribution in [-0.2, 0) is 11.8 Å². The van der Waals surface area contributed by atoms with Crippen molar-refractivity contribution in [1.29, 1.82) is 0 Å². The third-order valence-electron chi connectivity index (χ3n) is 3.16. The molecule has 8 nitrogen and oxygen atoms in total. The first-order valence-corrected chi connectivity index (χ1v) is 7.70. The summed E-state index contributed by atoms with van der Waals surface area (Å²) in [6.45, 7) is -0.159. The second kappa shape index (κ2) is 6.51. The molecule has 0 bridgehead atoms. The van der Waals surface area contributed by atoms with E-state index >= 15 is 0 Å². The summed E-state index contributed by atoms with van der Waals surface area (Å²) < 4.78 is 6.49. The highest BCUT2D eigenvalue weighted by Gasteiger charge is 2.38. The molecule has 10 heteroatoms. The predicted octanol–water partition coefficient (Wildman–Crippen LogP) is -0.994. The van der Waals surface area contributed by atoms with Gasteiger partial charge in [0.15, 0.2) is 17.2 Å². The second-order valence-corrected chi connectivity index (χ2v) is 5.72. The first kappa shape index (κ1) is 16.5. The van der Waals surface area contributed by atoms with Crippen LogP contribution in [0.1, 0.15) is 0 Å². The Morgan fingerprint density at radius 1 is 1.43 bits per heavy atom. The third kappa shape index (κ3) is 3.17. The number of halogens is 1. The lowest BCUT2D eigenvalue weighted by Crippen LogP contribution is -2.55. The normalized spacial score (nSPS) is 29.4. The van der Waals surface area contributed by atoms with Gasteiger partial charge in [-0.15, -0.1) is 0 Å². The van der Waals surface area contributed by atoms with Crippen LogP contribution in [0.15, 0.2) is 9.95 Å². The molecule has 1 aromatic heterocycles. The monoisotopic (exact) mass is 337 g/mol. The summed E-state index contributed by atoms with van der Waals surface area (Å²) in [4.78, 5) is 16.1. The Morgan fingerprint density at radius 2 is 2.10 bits per heavy atom. The van der Waals surface area contributed by atoms with Gasteiger partial charge in [0.25, 0.3) is 5.56 Å². The molecule has 4 atom stereocenters. The molecule has 0 unspecified atom stereocenters. The maximum Gasteiger partial charge on any atom is 0.274 e. The van der Waals surface area contributed by atoms with Crippen LogP contribution in [0.5, 0.6) is 0 Å². The number of aromatic nitrogens is 2. The van der Waals surface area contributed by atoms with Crippen molar-refractivity contribution in [3.05, 3.63) is 15.4 Å². The average molecular weight is 338 g/mol. The van der Waals surface area contributed by atoms with E-state index in [1.807, 2.05) is 0 Å². The molecule has 4 N–H and O–H groups in total. The number of nitrogens with one attached hydrogen (secondary N) is 1. The van der Waals surface area contributed by atoms with Crippen LogP contribution in [0.4, 0.5) is 5.82 Å². The second-order valence-electron chi connectivity index (χ2n) is 4.57. The average Bonchev–Trinajstić information content (AvgIpc) is 2.48. The highest BCUT2D eigenvalue weighted by molar-refractivity contribution is 7.98. The van der Waals surface area contributed by atoms with Crippen LogP contribution in [0.3, 0.4) is 0 Å². The number of anilines is 1. The lowest BCUT2D eigenvalue weighted by Gasteiger charge is -2.35. The predicted molar refractivity (Wildman–Crippen MR) is 77.7 cm³/mol. The standard InChI is InChI=1S/C11H16ClN3O5S/c1-15-10(19)5(12)8(14-11(15)21-2)13-9-7(18)6(17)4(16)3-20-9/h4,6-7,9,13,16-18H,3H2,1-2H3/t4-,6-,7-,9+/m1/s1. The van der Waals surface area contributed by atoms with Gasteiger partial charge < -0.3 is 25.4 Å². The van der Waals surface area contributed by atoms with Crippen molar-refractivity contribution in [2.24, 2.45) is 7.05 Å². The number of hydrogen-bond donors (Lipinski definition) is 4. The minimum atomic E-state index is -1.38. The Kier molecular flexibility index (Phi) is 5.12. The Morgan fingerprint density at radius 3 is 2.71 bits per heavy atom. The molecular weight excluding hydrogens is 322 g/mol. The number of nitrogens with zero attached hydrogens (tertiary/aromatic N) is 2.